The molecule has 0 aromatic carbocycles. The molecule has 0 unspecified atom stereocenters. The molecule has 0 aromatic heterocycles. The molecule has 126 valence electrons. The highest BCUT2D eigenvalue weighted by molar-refractivity contribution is 5.65. The fraction of sp³-hybridized carbons (Fsp3) is 0.750. The zero-order valence-electron chi connectivity index (χ0n) is 14.7. The molecule has 0 N–H and O–H groups in total. The van der Waals surface area contributed by atoms with Crippen molar-refractivity contribution in [2.75, 3.05) is 6.61 Å². The van der Waals surface area contributed by atoms with E-state index in [1.807, 2.05) is 6.08 Å². The molecule has 0 heterocycles. The summed E-state index contributed by atoms with van der Waals surface area (Å²) in [6, 6.07) is 0. The van der Waals surface area contributed by atoms with Crippen LogP contribution in [0.4, 0.5) is 0 Å². The van der Waals surface area contributed by atoms with Crippen molar-refractivity contribution < 1.29 is 9.53 Å². The number of rotatable bonds is 13. The second kappa shape index (κ2) is 17.8. The number of unbranched alkanes of at least 4 members (excludes halogenated alkanes) is 10. The second-order valence-corrected chi connectivity index (χ2v) is 5.78. The van der Waals surface area contributed by atoms with Crippen molar-refractivity contribution in [3.8, 4) is 11.8 Å². The summed E-state index contributed by atoms with van der Waals surface area (Å²) >= 11 is 0. The summed E-state index contributed by atoms with van der Waals surface area (Å²) in [5, 5.41) is 0. The predicted molar refractivity (Wildman–Crippen MR) is 94.6 cm³/mol. The van der Waals surface area contributed by atoms with Crippen molar-refractivity contribution in [2.45, 2.75) is 90.9 Å². The third-order valence-electron chi connectivity index (χ3n) is 3.53. The quantitative estimate of drug-likeness (QED) is 0.244. The van der Waals surface area contributed by atoms with Gasteiger partial charge in [-0.3, -0.25) is 4.79 Å². The lowest BCUT2D eigenvalue weighted by atomic mass is 10.1. The topological polar surface area (TPSA) is 26.3 Å². The van der Waals surface area contributed by atoms with Gasteiger partial charge in [0.1, 0.15) is 0 Å². The molecule has 2 heteroatoms. The normalized spacial score (nSPS) is 10.5. The average molecular weight is 306 g/mol. The molecule has 0 saturated carbocycles. The van der Waals surface area contributed by atoms with Crippen LogP contribution in [0, 0.1) is 11.8 Å². The SMILES string of the molecule is CCCC/C=C\C#CCCCCCCCCCCOC(C)=O. The van der Waals surface area contributed by atoms with Gasteiger partial charge in [0.15, 0.2) is 0 Å². The first kappa shape index (κ1) is 20.8. The molecule has 0 spiro atoms. The molecule has 0 bridgehead atoms. The van der Waals surface area contributed by atoms with Crippen molar-refractivity contribution in [2.24, 2.45) is 0 Å². The molecule has 22 heavy (non-hydrogen) atoms. The van der Waals surface area contributed by atoms with Crippen molar-refractivity contribution in [3.63, 3.8) is 0 Å². The van der Waals surface area contributed by atoms with Gasteiger partial charge >= 0.3 is 5.97 Å². The maximum atomic E-state index is 10.6. The van der Waals surface area contributed by atoms with Crippen LogP contribution in [0.1, 0.15) is 90.9 Å². The van der Waals surface area contributed by atoms with Gasteiger partial charge < -0.3 is 4.74 Å². The molecule has 0 aliphatic heterocycles. The van der Waals surface area contributed by atoms with Gasteiger partial charge in [-0.1, -0.05) is 76.2 Å². The number of carbonyl (C=O) groups excluding carboxylic acids is 1. The number of ether oxygens (including phenoxy) is 1. The van der Waals surface area contributed by atoms with E-state index in [9.17, 15) is 4.79 Å². The number of carbonyl (C=O) groups is 1. The number of hydrogen-bond acceptors (Lipinski definition) is 2. The minimum atomic E-state index is -0.167. The highest BCUT2D eigenvalue weighted by Gasteiger charge is 1.94. The average Bonchev–Trinajstić information content (AvgIpc) is 2.50. The summed E-state index contributed by atoms with van der Waals surface area (Å²) in [5.41, 5.74) is 0. The Balaban J connectivity index is 3.16. The van der Waals surface area contributed by atoms with Crippen LogP contribution in [0.5, 0.6) is 0 Å². The van der Waals surface area contributed by atoms with Gasteiger partial charge in [-0.25, -0.2) is 0 Å². The Morgan fingerprint density at radius 1 is 0.955 bits per heavy atom. The van der Waals surface area contributed by atoms with E-state index in [4.69, 9.17) is 4.74 Å². The van der Waals surface area contributed by atoms with E-state index in [1.165, 1.54) is 64.7 Å². The lowest BCUT2D eigenvalue weighted by Gasteiger charge is -2.02. The molecular weight excluding hydrogens is 272 g/mol. The van der Waals surface area contributed by atoms with Crippen LogP contribution >= 0.6 is 0 Å². The molecule has 2 nitrogen and oxygen atoms in total. The molecule has 0 aliphatic carbocycles. The van der Waals surface area contributed by atoms with Crippen molar-refractivity contribution in [3.05, 3.63) is 12.2 Å². The van der Waals surface area contributed by atoms with E-state index in [0.29, 0.717) is 6.61 Å². The van der Waals surface area contributed by atoms with E-state index in [2.05, 4.69) is 24.8 Å². The van der Waals surface area contributed by atoms with Crippen LogP contribution in [0.25, 0.3) is 0 Å². The van der Waals surface area contributed by atoms with Gasteiger partial charge in [-0.15, -0.1) is 0 Å². The summed E-state index contributed by atoms with van der Waals surface area (Å²) < 4.78 is 4.90. The summed E-state index contributed by atoms with van der Waals surface area (Å²) in [4.78, 5) is 10.6. The molecule has 0 saturated heterocycles. The Morgan fingerprint density at radius 2 is 1.59 bits per heavy atom. The van der Waals surface area contributed by atoms with Crippen molar-refractivity contribution >= 4 is 5.97 Å². The molecular formula is C20H34O2. The van der Waals surface area contributed by atoms with E-state index in [-0.39, 0.29) is 5.97 Å². The summed E-state index contributed by atoms with van der Waals surface area (Å²) in [7, 11) is 0. The Bertz CT molecular complexity index is 333. The Labute approximate surface area is 137 Å². The minimum Gasteiger partial charge on any atom is -0.466 e. The lowest BCUT2D eigenvalue weighted by Crippen LogP contribution is -2.00. The van der Waals surface area contributed by atoms with Crippen LogP contribution in [0.2, 0.25) is 0 Å². The standard InChI is InChI=1S/C20H34O2/c1-3-4-5-6-7-8-9-10-11-12-13-14-15-16-17-18-19-22-20(2)21/h6-7H,3-5,10-19H2,1-2H3/b7-6-. The minimum absolute atomic E-state index is 0.167. The van der Waals surface area contributed by atoms with Crippen LogP contribution in [0.15, 0.2) is 12.2 Å². The summed E-state index contributed by atoms with van der Waals surface area (Å²) in [6.45, 7) is 4.26. The van der Waals surface area contributed by atoms with Gasteiger partial charge in [0.2, 0.25) is 0 Å². The first-order valence-electron chi connectivity index (χ1n) is 9.04. The molecule has 0 rings (SSSR count). The fourth-order valence-corrected chi connectivity index (χ4v) is 2.19. The van der Waals surface area contributed by atoms with Crippen LogP contribution < -0.4 is 0 Å². The number of esters is 1. The van der Waals surface area contributed by atoms with E-state index in [0.717, 1.165) is 19.3 Å². The van der Waals surface area contributed by atoms with Gasteiger partial charge in [0.05, 0.1) is 6.61 Å². The zero-order valence-corrected chi connectivity index (χ0v) is 14.7. The van der Waals surface area contributed by atoms with Crippen molar-refractivity contribution in [1.82, 2.24) is 0 Å². The predicted octanol–water partition coefficient (Wildman–Crippen LogP) is 5.81. The van der Waals surface area contributed by atoms with Crippen LogP contribution in [-0.2, 0) is 9.53 Å². The maximum Gasteiger partial charge on any atom is 0.302 e. The third kappa shape index (κ3) is 18.8. The number of allylic oxidation sites excluding steroid dienone is 2. The molecule has 0 amide bonds. The van der Waals surface area contributed by atoms with Crippen molar-refractivity contribution in [1.29, 1.82) is 0 Å². The third-order valence-corrected chi connectivity index (χ3v) is 3.53. The van der Waals surface area contributed by atoms with E-state index >= 15 is 0 Å². The largest absolute Gasteiger partial charge is 0.466 e. The van der Waals surface area contributed by atoms with Gasteiger partial charge in [-0.05, 0) is 25.3 Å². The zero-order chi connectivity index (χ0) is 16.3. The molecule has 0 atom stereocenters. The highest BCUT2D eigenvalue weighted by atomic mass is 16.5. The first-order valence-corrected chi connectivity index (χ1v) is 9.04. The smallest absolute Gasteiger partial charge is 0.302 e. The molecule has 0 aromatic rings. The van der Waals surface area contributed by atoms with E-state index in [1.54, 1.807) is 0 Å². The maximum absolute atomic E-state index is 10.6. The Morgan fingerprint density at radius 3 is 2.23 bits per heavy atom. The van der Waals surface area contributed by atoms with Gasteiger partial charge in [-0.2, -0.15) is 0 Å². The lowest BCUT2D eigenvalue weighted by molar-refractivity contribution is -0.141. The monoisotopic (exact) mass is 306 g/mol. The van der Waals surface area contributed by atoms with Gasteiger partial charge in [0, 0.05) is 13.3 Å². The van der Waals surface area contributed by atoms with Gasteiger partial charge in [0.25, 0.3) is 0 Å². The summed E-state index contributed by atoms with van der Waals surface area (Å²) in [5.74, 6) is 6.17. The molecule has 0 radical (unpaired) electrons. The first-order chi connectivity index (χ1) is 10.8. The van der Waals surface area contributed by atoms with E-state index < -0.39 is 0 Å². The fourth-order valence-electron chi connectivity index (χ4n) is 2.19. The second-order valence-electron chi connectivity index (χ2n) is 5.78. The number of hydrogen-bond donors (Lipinski definition) is 0. The van der Waals surface area contributed by atoms with Crippen LogP contribution in [-0.4, -0.2) is 12.6 Å². The molecule has 0 fully saturated rings. The Hall–Kier alpha value is -1.23. The Kier molecular flexibility index (Phi) is 16.8. The molecule has 0 aliphatic rings. The highest BCUT2D eigenvalue weighted by Crippen LogP contribution is 2.09. The van der Waals surface area contributed by atoms with Crippen LogP contribution in [0.3, 0.4) is 0 Å². The summed E-state index contributed by atoms with van der Waals surface area (Å²) in [6.07, 6.45) is 18.8.